The minimum atomic E-state index is -0.552. The maximum absolute atomic E-state index is 13.3. The van der Waals surface area contributed by atoms with Gasteiger partial charge in [0, 0.05) is 48.7 Å². The van der Waals surface area contributed by atoms with E-state index in [9.17, 15) is 14.0 Å². The molecule has 1 amide bonds. The van der Waals surface area contributed by atoms with Gasteiger partial charge in [-0.25, -0.2) is 9.18 Å². The molecule has 1 fully saturated rings. The Balaban J connectivity index is 1.36. The van der Waals surface area contributed by atoms with E-state index in [2.05, 4.69) is 15.1 Å². The number of hydrogen-bond acceptors (Lipinski definition) is 6. The summed E-state index contributed by atoms with van der Waals surface area (Å²) in [4.78, 5) is 29.7. The number of halogens is 2. The fraction of sp³-hybridized carbons (Fsp3) is 0.280. The molecule has 0 spiro atoms. The number of carbonyl (C=O) groups excluding carboxylic acids is 2. The van der Waals surface area contributed by atoms with Gasteiger partial charge in [0.15, 0.2) is 0 Å². The van der Waals surface area contributed by atoms with Crippen LogP contribution in [-0.2, 0) is 16.1 Å². The third-order valence-corrected chi connectivity index (χ3v) is 7.04. The first-order valence-electron chi connectivity index (χ1n) is 10.9. The highest BCUT2D eigenvalue weighted by Gasteiger charge is 2.24. The Labute approximate surface area is 206 Å². The minimum absolute atomic E-state index is 0.197. The van der Waals surface area contributed by atoms with E-state index in [0.717, 1.165) is 43.3 Å². The first-order chi connectivity index (χ1) is 16.4. The third kappa shape index (κ3) is 5.82. The normalized spacial score (nSPS) is 14.7. The SMILES string of the molecule is COC(=O)c1c(-c2ccc(F)cc2)csc1NC(=O)CN1CCN(Cc2ccccc2Cl)CC1. The largest absolute Gasteiger partial charge is 0.465 e. The molecule has 1 aliphatic heterocycles. The van der Waals surface area contributed by atoms with Crippen molar-refractivity contribution >= 4 is 39.8 Å². The fourth-order valence-electron chi connectivity index (χ4n) is 3.94. The van der Waals surface area contributed by atoms with Gasteiger partial charge in [0.25, 0.3) is 0 Å². The molecule has 0 atom stereocenters. The summed E-state index contributed by atoms with van der Waals surface area (Å²) in [6.07, 6.45) is 0. The predicted octanol–water partition coefficient (Wildman–Crippen LogP) is 4.75. The molecule has 3 aromatic rings. The van der Waals surface area contributed by atoms with Crippen LogP contribution in [0.2, 0.25) is 5.02 Å². The minimum Gasteiger partial charge on any atom is -0.465 e. The first-order valence-corrected chi connectivity index (χ1v) is 12.1. The number of carbonyl (C=O) groups is 2. The lowest BCUT2D eigenvalue weighted by Crippen LogP contribution is -2.48. The molecule has 1 N–H and O–H groups in total. The molecule has 6 nitrogen and oxygen atoms in total. The van der Waals surface area contributed by atoms with Gasteiger partial charge in [0.2, 0.25) is 5.91 Å². The van der Waals surface area contributed by atoms with Crippen molar-refractivity contribution in [2.75, 3.05) is 45.2 Å². The van der Waals surface area contributed by atoms with E-state index in [1.807, 2.05) is 24.3 Å². The van der Waals surface area contributed by atoms with Crippen molar-refractivity contribution in [3.63, 3.8) is 0 Å². The lowest BCUT2D eigenvalue weighted by molar-refractivity contribution is -0.117. The van der Waals surface area contributed by atoms with Gasteiger partial charge in [-0.2, -0.15) is 0 Å². The Morgan fingerprint density at radius 2 is 1.74 bits per heavy atom. The number of thiophene rings is 1. The standard InChI is InChI=1S/C25H25ClFN3O3S/c1-33-25(32)23-20(17-6-8-19(27)9-7-17)16-34-24(23)28-22(31)15-30-12-10-29(11-13-30)14-18-4-2-3-5-21(18)26/h2-9,16H,10-15H2,1H3,(H,28,31). The van der Waals surface area contributed by atoms with Crippen LogP contribution < -0.4 is 5.32 Å². The van der Waals surface area contributed by atoms with Crippen molar-refractivity contribution in [3.8, 4) is 11.1 Å². The molecule has 0 radical (unpaired) electrons. The predicted molar refractivity (Wildman–Crippen MR) is 133 cm³/mol. The second kappa shape index (κ2) is 11.1. The number of nitrogens with one attached hydrogen (secondary N) is 1. The van der Waals surface area contributed by atoms with Crippen LogP contribution in [0.4, 0.5) is 9.39 Å². The number of methoxy groups -OCH3 is 1. The first kappa shape index (κ1) is 24.3. The molecular formula is C25H25ClFN3O3S. The number of amides is 1. The Hall–Kier alpha value is -2.78. The fourth-order valence-corrected chi connectivity index (χ4v) is 5.11. The van der Waals surface area contributed by atoms with E-state index in [1.54, 1.807) is 17.5 Å². The Bertz CT molecular complexity index is 1160. The molecule has 0 bridgehead atoms. The van der Waals surface area contributed by atoms with Crippen LogP contribution in [0.25, 0.3) is 11.1 Å². The van der Waals surface area contributed by atoms with E-state index >= 15 is 0 Å². The van der Waals surface area contributed by atoms with Crippen molar-refractivity contribution in [3.05, 3.63) is 75.9 Å². The zero-order valence-electron chi connectivity index (χ0n) is 18.7. The van der Waals surface area contributed by atoms with Gasteiger partial charge in [-0.3, -0.25) is 14.6 Å². The molecule has 2 aromatic carbocycles. The van der Waals surface area contributed by atoms with Gasteiger partial charge < -0.3 is 10.1 Å². The molecule has 0 saturated carbocycles. The summed E-state index contributed by atoms with van der Waals surface area (Å²) in [5.41, 5.74) is 2.64. The lowest BCUT2D eigenvalue weighted by atomic mass is 10.0. The molecule has 1 aliphatic rings. The molecule has 178 valence electrons. The van der Waals surface area contributed by atoms with Gasteiger partial charge in [-0.1, -0.05) is 41.9 Å². The molecule has 4 rings (SSSR count). The molecule has 9 heteroatoms. The van der Waals surface area contributed by atoms with Gasteiger partial charge >= 0.3 is 5.97 Å². The summed E-state index contributed by atoms with van der Waals surface area (Å²) < 4.78 is 18.3. The lowest BCUT2D eigenvalue weighted by Gasteiger charge is -2.34. The molecule has 0 aliphatic carbocycles. The Morgan fingerprint density at radius 1 is 1.06 bits per heavy atom. The number of hydrogen-bond donors (Lipinski definition) is 1. The molecular weight excluding hydrogens is 477 g/mol. The highest BCUT2D eigenvalue weighted by molar-refractivity contribution is 7.15. The Morgan fingerprint density at radius 3 is 2.41 bits per heavy atom. The van der Waals surface area contributed by atoms with E-state index < -0.39 is 5.97 Å². The van der Waals surface area contributed by atoms with Gasteiger partial charge in [-0.15, -0.1) is 11.3 Å². The molecule has 0 unspecified atom stereocenters. The average molecular weight is 502 g/mol. The zero-order valence-corrected chi connectivity index (χ0v) is 20.3. The number of piperazine rings is 1. The van der Waals surface area contributed by atoms with Crippen LogP contribution >= 0.6 is 22.9 Å². The maximum atomic E-state index is 13.3. The smallest absolute Gasteiger partial charge is 0.341 e. The van der Waals surface area contributed by atoms with Crippen molar-refractivity contribution in [1.29, 1.82) is 0 Å². The second-order valence-electron chi connectivity index (χ2n) is 8.04. The van der Waals surface area contributed by atoms with E-state index in [4.69, 9.17) is 16.3 Å². The molecule has 1 aromatic heterocycles. The summed E-state index contributed by atoms with van der Waals surface area (Å²) in [6, 6.07) is 13.7. The van der Waals surface area contributed by atoms with Gasteiger partial charge in [0.1, 0.15) is 16.4 Å². The average Bonchev–Trinajstić information content (AvgIpc) is 3.25. The van der Waals surface area contributed by atoms with Crippen molar-refractivity contribution in [2.45, 2.75) is 6.54 Å². The highest BCUT2D eigenvalue weighted by Crippen LogP contribution is 2.36. The van der Waals surface area contributed by atoms with Gasteiger partial charge in [-0.05, 0) is 29.3 Å². The molecule has 2 heterocycles. The number of rotatable bonds is 7. The third-order valence-electron chi connectivity index (χ3n) is 5.77. The number of nitrogens with zero attached hydrogens (tertiary/aromatic N) is 2. The van der Waals surface area contributed by atoms with Crippen LogP contribution in [0.3, 0.4) is 0 Å². The van der Waals surface area contributed by atoms with Crippen LogP contribution in [0.1, 0.15) is 15.9 Å². The van der Waals surface area contributed by atoms with E-state index in [0.29, 0.717) is 16.1 Å². The summed E-state index contributed by atoms with van der Waals surface area (Å²) >= 11 is 7.52. The van der Waals surface area contributed by atoms with Crippen LogP contribution in [0.5, 0.6) is 0 Å². The van der Waals surface area contributed by atoms with Crippen molar-refractivity contribution < 1.29 is 18.7 Å². The highest BCUT2D eigenvalue weighted by atomic mass is 35.5. The molecule has 34 heavy (non-hydrogen) atoms. The van der Waals surface area contributed by atoms with Crippen LogP contribution in [-0.4, -0.2) is 61.5 Å². The zero-order chi connectivity index (χ0) is 24.1. The quantitative estimate of drug-likeness (QED) is 0.473. The summed E-state index contributed by atoms with van der Waals surface area (Å²) in [6.45, 7) is 4.19. The number of anilines is 1. The molecule has 1 saturated heterocycles. The van der Waals surface area contributed by atoms with E-state index in [-0.39, 0.29) is 23.8 Å². The second-order valence-corrected chi connectivity index (χ2v) is 9.33. The Kier molecular flexibility index (Phi) is 7.95. The van der Waals surface area contributed by atoms with Crippen LogP contribution in [0, 0.1) is 5.82 Å². The summed E-state index contributed by atoms with van der Waals surface area (Å²) in [5, 5.41) is 5.82. The summed E-state index contributed by atoms with van der Waals surface area (Å²) in [7, 11) is 1.29. The summed E-state index contributed by atoms with van der Waals surface area (Å²) in [5.74, 6) is -1.11. The topological polar surface area (TPSA) is 61.9 Å². The van der Waals surface area contributed by atoms with Crippen LogP contribution in [0.15, 0.2) is 53.9 Å². The number of benzene rings is 2. The van der Waals surface area contributed by atoms with Crippen molar-refractivity contribution in [2.24, 2.45) is 0 Å². The maximum Gasteiger partial charge on any atom is 0.341 e. The number of ether oxygens (including phenoxy) is 1. The van der Waals surface area contributed by atoms with Gasteiger partial charge in [0.05, 0.1) is 13.7 Å². The van der Waals surface area contributed by atoms with Crippen molar-refractivity contribution in [1.82, 2.24) is 9.80 Å². The number of esters is 1. The van der Waals surface area contributed by atoms with E-state index in [1.165, 1.54) is 30.6 Å². The monoisotopic (exact) mass is 501 g/mol.